The van der Waals surface area contributed by atoms with Gasteiger partial charge in [-0.1, -0.05) is 31.2 Å². The number of rotatable bonds is 5. The third-order valence-electron chi connectivity index (χ3n) is 6.67. The van der Waals surface area contributed by atoms with Crippen LogP contribution in [0.2, 0.25) is 0 Å². The van der Waals surface area contributed by atoms with Gasteiger partial charge in [0.05, 0.1) is 0 Å². The largest absolute Gasteiger partial charge is 0.365 e. The van der Waals surface area contributed by atoms with Crippen molar-refractivity contribution in [3.05, 3.63) is 82.6 Å². The van der Waals surface area contributed by atoms with Crippen molar-refractivity contribution >= 4 is 17.3 Å². The van der Waals surface area contributed by atoms with Gasteiger partial charge in [0.15, 0.2) is 5.82 Å². The first-order valence-electron chi connectivity index (χ1n) is 12.0. The van der Waals surface area contributed by atoms with Gasteiger partial charge in [0.2, 0.25) is 0 Å². The Morgan fingerprint density at radius 2 is 1.85 bits per heavy atom. The average molecular weight is 459 g/mol. The standard InChI is InChI=1S/C27H31FN6/c1-5-24-20(4)29-27-30-25(16-21-9-7-10-22(28)15-21)31-34(27)26(24)32-12-13-33(19(3)17-32)23-11-6-8-18(2)14-23/h6-11,14-15,19H,5,12-13,16-17H2,1-4H3. The molecule has 4 aromatic rings. The molecule has 1 atom stereocenters. The Labute approximate surface area is 200 Å². The van der Waals surface area contributed by atoms with Gasteiger partial charge in [-0.2, -0.15) is 9.50 Å². The topological polar surface area (TPSA) is 49.6 Å². The maximum atomic E-state index is 13.7. The zero-order valence-electron chi connectivity index (χ0n) is 20.3. The number of aryl methyl sites for hydroxylation is 2. The van der Waals surface area contributed by atoms with Crippen molar-refractivity contribution in [1.82, 2.24) is 19.6 Å². The van der Waals surface area contributed by atoms with Crippen LogP contribution in [0, 0.1) is 19.7 Å². The van der Waals surface area contributed by atoms with Crippen LogP contribution in [0.5, 0.6) is 0 Å². The molecule has 1 aliphatic rings. The molecule has 1 unspecified atom stereocenters. The molecule has 1 fully saturated rings. The molecule has 34 heavy (non-hydrogen) atoms. The number of piperazine rings is 1. The van der Waals surface area contributed by atoms with E-state index in [1.54, 1.807) is 6.07 Å². The molecule has 0 aliphatic carbocycles. The first-order chi connectivity index (χ1) is 16.4. The fourth-order valence-electron chi connectivity index (χ4n) is 5.05. The van der Waals surface area contributed by atoms with Gasteiger partial charge in [0.1, 0.15) is 11.6 Å². The smallest absolute Gasteiger partial charge is 0.254 e. The van der Waals surface area contributed by atoms with E-state index < -0.39 is 0 Å². The minimum Gasteiger partial charge on any atom is -0.365 e. The van der Waals surface area contributed by atoms with Crippen molar-refractivity contribution in [2.45, 2.75) is 46.6 Å². The fourth-order valence-corrected chi connectivity index (χ4v) is 5.05. The van der Waals surface area contributed by atoms with Gasteiger partial charge in [-0.25, -0.2) is 9.37 Å². The summed E-state index contributed by atoms with van der Waals surface area (Å²) in [6.45, 7) is 11.3. The predicted molar refractivity (Wildman–Crippen MR) is 134 cm³/mol. The highest BCUT2D eigenvalue weighted by Crippen LogP contribution is 2.29. The predicted octanol–water partition coefficient (Wildman–Crippen LogP) is 4.75. The Hall–Kier alpha value is -3.48. The molecule has 1 saturated heterocycles. The molecule has 0 saturated carbocycles. The molecule has 7 heteroatoms. The lowest BCUT2D eigenvalue weighted by Crippen LogP contribution is -2.53. The second kappa shape index (κ2) is 9.05. The van der Waals surface area contributed by atoms with Gasteiger partial charge >= 0.3 is 0 Å². The molecule has 0 bridgehead atoms. The zero-order valence-corrected chi connectivity index (χ0v) is 20.3. The van der Waals surface area contributed by atoms with Gasteiger partial charge in [-0.05, 0) is 62.6 Å². The second-order valence-corrected chi connectivity index (χ2v) is 9.23. The highest BCUT2D eigenvalue weighted by atomic mass is 19.1. The van der Waals surface area contributed by atoms with E-state index in [2.05, 4.69) is 61.8 Å². The summed E-state index contributed by atoms with van der Waals surface area (Å²) < 4.78 is 15.6. The van der Waals surface area contributed by atoms with E-state index in [4.69, 9.17) is 15.1 Å². The molecule has 0 N–H and O–H groups in total. The molecule has 6 nitrogen and oxygen atoms in total. The van der Waals surface area contributed by atoms with Gasteiger partial charge in [-0.15, -0.1) is 5.10 Å². The van der Waals surface area contributed by atoms with Crippen LogP contribution in [0.4, 0.5) is 15.9 Å². The number of nitrogens with zero attached hydrogens (tertiary/aromatic N) is 6. The Morgan fingerprint density at radius 3 is 2.59 bits per heavy atom. The Balaban J connectivity index is 1.49. The number of hydrogen-bond acceptors (Lipinski definition) is 5. The minimum atomic E-state index is -0.246. The molecule has 176 valence electrons. The van der Waals surface area contributed by atoms with Crippen LogP contribution in [0.15, 0.2) is 48.5 Å². The Morgan fingerprint density at radius 1 is 1.03 bits per heavy atom. The maximum Gasteiger partial charge on any atom is 0.254 e. The van der Waals surface area contributed by atoms with Gasteiger partial charge in [0.25, 0.3) is 5.78 Å². The maximum absolute atomic E-state index is 13.7. The summed E-state index contributed by atoms with van der Waals surface area (Å²) in [7, 11) is 0. The van der Waals surface area contributed by atoms with Gasteiger partial charge in [0, 0.05) is 49.0 Å². The Kier molecular flexibility index (Phi) is 5.94. The zero-order chi connectivity index (χ0) is 23.8. The van der Waals surface area contributed by atoms with Crippen LogP contribution in [-0.4, -0.2) is 45.3 Å². The SMILES string of the molecule is CCc1c(C)nc2nc(Cc3cccc(F)c3)nn2c1N1CCN(c2cccc(C)c2)C(C)C1. The lowest BCUT2D eigenvalue weighted by Gasteiger charge is -2.42. The summed E-state index contributed by atoms with van der Waals surface area (Å²) in [5, 5.41) is 4.84. The molecule has 1 aliphatic heterocycles. The number of anilines is 2. The van der Waals surface area contributed by atoms with Crippen molar-refractivity contribution in [1.29, 1.82) is 0 Å². The highest BCUT2D eigenvalue weighted by molar-refractivity contribution is 5.58. The van der Waals surface area contributed by atoms with E-state index in [0.29, 0.717) is 24.1 Å². The van der Waals surface area contributed by atoms with E-state index >= 15 is 0 Å². The van der Waals surface area contributed by atoms with E-state index in [-0.39, 0.29) is 5.82 Å². The third-order valence-corrected chi connectivity index (χ3v) is 6.67. The first kappa shape index (κ1) is 22.3. The average Bonchev–Trinajstić information content (AvgIpc) is 3.19. The summed E-state index contributed by atoms with van der Waals surface area (Å²) in [6.07, 6.45) is 1.34. The number of hydrogen-bond donors (Lipinski definition) is 0. The van der Waals surface area contributed by atoms with Gasteiger partial charge in [-0.3, -0.25) is 0 Å². The van der Waals surface area contributed by atoms with E-state index in [9.17, 15) is 4.39 Å². The Bertz CT molecular complexity index is 1330. The quantitative estimate of drug-likeness (QED) is 0.432. The number of fused-ring (bicyclic) bond motifs is 1. The van der Waals surface area contributed by atoms with Crippen molar-refractivity contribution in [3.8, 4) is 0 Å². The van der Waals surface area contributed by atoms with Gasteiger partial charge < -0.3 is 9.80 Å². The molecule has 5 rings (SSSR count). The summed E-state index contributed by atoms with van der Waals surface area (Å²) in [5.74, 6) is 2.09. The number of benzene rings is 2. The molecule has 2 aromatic heterocycles. The van der Waals surface area contributed by atoms with E-state index in [1.165, 1.54) is 28.9 Å². The van der Waals surface area contributed by atoms with E-state index in [0.717, 1.165) is 43.1 Å². The normalized spacial score (nSPS) is 16.4. The molecular weight excluding hydrogens is 427 g/mol. The first-order valence-corrected chi connectivity index (χ1v) is 12.0. The highest BCUT2D eigenvalue weighted by Gasteiger charge is 2.28. The molecule has 0 amide bonds. The van der Waals surface area contributed by atoms with Crippen molar-refractivity contribution in [2.75, 3.05) is 29.4 Å². The molecular formula is C27H31FN6. The van der Waals surface area contributed by atoms with Crippen molar-refractivity contribution in [3.63, 3.8) is 0 Å². The van der Waals surface area contributed by atoms with E-state index in [1.807, 2.05) is 10.6 Å². The van der Waals surface area contributed by atoms with Crippen LogP contribution in [0.25, 0.3) is 5.78 Å². The summed E-state index contributed by atoms with van der Waals surface area (Å²) in [5.41, 5.74) is 5.59. The molecule has 2 aromatic carbocycles. The van der Waals surface area contributed by atoms with Crippen molar-refractivity contribution < 1.29 is 4.39 Å². The molecule has 0 spiro atoms. The van der Waals surface area contributed by atoms with Crippen LogP contribution in [0.3, 0.4) is 0 Å². The van der Waals surface area contributed by atoms with Crippen molar-refractivity contribution in [2.24, 2.45) is 0 Å². The van der Waals surface area contributed by atoms with Crippen LogP contribution >= 0.6 is 0 Å². The van der Waals surface area contributed by atoms with Crippen LogP contribution < -0.4 is 9.80 Å². The third kappa shape index (κ3) is 4.22. The summed E-state index contributed by atoms with van der Waals surface area (Å²) in [6, 6.07) is 15.7. The number of halogens is 1. The van der Waals surface area contributed by atoms with Crippen LogP contribution in [-0.2, 0) is 12.8 Å². The lowest BCUT2D eigenvalue weighted by molar-refractivity contribution is 0.541. The summed E-state index contributed by atoms with van der Waals surface area (Å²) >= 11 is 0. The molecule has 0 radical (unpaired) electrons. The lowest BCUT2D eigenvalue weighted by atomic mass is 10.1. The minimum absolute atomic E-state index is 0.246. The summed E-state index contributed by atoms with van der Waals surface area (Å²) in [4.78, 5) is 14.4. The number of aromatic nitrogens is 4. The molecule has 3 heterocycles. The second-order valence-electron chi connectivity index (χ2n) is 9.23. The monoisotopic (exact) mass is 458 g/mol. The van der Waals surface area contributed by atoms with Crippen LogP contribution in [0.1, 0.15) is 42.1 Å². The fraction of sp³-hybridized carbons (Fsp3) is 0.370.